The Hall–Kier alpha value is -3.20. The molecule has 4 rings (SSSR count). The maximum absolute atomic E-state index is 13.8. The summed E-state index contributed by atoms with van der Waals surface area (Å²) in [7, 11) is 0. The molecule has 33 heavy (non-hydrogen) atoms. The van der Waals surface area contributed by atoms with Crippen LogP contribution in [0.15, 0.2) is 54.6 Å². The van der Waals surface area contributed by atoms with E-state index in [0.717, 1.165) is 17.7 Å². The van der Waals surface area contributed by atoms with Crippen LogP contribution >= 0.6 is 0 Å². The Labute approximate surface area is 185 Å². The number of β-amino-alcohol motifs (C(OH)–C–C–N with tert-alkyl or cyclic N) is 1. The number of nitrogens with zero attached hydrogens (tertiary/aromatic N) is 1. The predicted molar refractivity (Wildman–Crippen MR) is 111 cm³/mol. The Kier molecular flexibility index (Phi) is 6.00. The summed E-state index contributed by atoms with van der Waals surface area (Å²) in [6.45, 7) is 0.976. The Morgan fingerprint density at radius 3 is 2.33 bits per heavy atom. The largest absolute Gasteiger partial charge is 0.488 e. The van der Waals surface area contributed by atoms with Crippen LogP contribution in [0.4, 0.5) is 32.0 Å². The van der Waals surface area contributed by atoms with Crippen molar-refractivity contribution in [2.45, 2.75) is 25.2 Å². The van der Waals surface area contributed by atoms with Crippen LogP contribution in [0.2, 0.25) is 0 Å². The number of fused-ring (bicyclic) bond motifs is 1. The van der Waals surface area contributed by atoms with E-state index < -0.39 is 42.3 Å². The number of benzene rings is 3. The van der Waals surface area contributed by atoms with Crippen molar-refractivity contribution in [2.24, 2.45) is 0 Å². The topological polar surface area (TPSA) is 32.7 Å². The van der Waals surface area contributed by atoms with Gasteiger partial charge in [0.1, 0.15) is 6.61 Å². The molecule has 2 atom stereocenters. The van der Waals surface area contributed by atoms with Gasteiger partial charge in [0.25, 0.3) is 0 Å². The number of halogens is 6. The minimum absolute atomic E-state index is 0.0337. The van der Waals surface area contributed by atoms with Gasteiger partial charge in [-0.25, -0.2) is 13.2 Å². The minimum atomic E-state index is -4.85. The minimum Gasteiger partial charge on any atom is -0.488 e. The van der Waals surface area contributed by atoms with Crippen LogP contribution in [0.1, 0.15) is 17.2 Å². The van der Waals surface area contributed by atoms with E-state index in [4.69, 9.17) is 4.74 Å². The highest BCUT2D eigenvalue weighted by Crippen LogP contribution is 2.46. The van der Waals surface area contributed by atoms with Gasteiger partial charge in [0, 0.05) is 5.56 Å². The number of aliphatic hydroxyl groups excluding tert-OH is 1. The molecule has 1 aliphatic rings. The Morgan fingerprint density at radius 1 is 1.03 bits per heavy atom. The summed E-state index contributed by atoms with van der Waals surface area (Å²) in [5, 5.41) is 9.82. The van der Waals surface area contributed by atoms with Crippen molar-refractivity contribution >= 4 is 5.69 Å². The third-order valence-corrected chi connectivity index (χ3v) is 5.53. The lowest BCUT2D eigenvalue weighted by Crippen LogP contribution is -2.46. The molecule has 0 aromatic heterocycles. The first-order valence-corrected chi connectivity index (χ1v) is 10.0. The van der Waals surface area contributed by atoms with Gasteiger partial charge in [-0.2, -0.15) is 13.2 Å². The number of para-hydroxylation sites is 1. The Morgan fingerprint density at radius 2 is 1.70 bits per heavy atom. The first kappa shape index (κ1) is 23.0. The Bertz CT molecular complexity index is 1160. The molecule has 1 heterocycles. The second kappa shape index (κ2) is 8.62. The molecule has 1 N–H and O–H groups in total. The molecular weight excluding hydrogens is 448 g/mol. The van der Waals surface area contributed by atoms with E-state index >= 15 is 0 Å². The number of aryl methyl sites for hydroxylation is 1. The van der Waals surface area contributed by atoms with Crippen LogP contribution in [-0.4, -0.2) is 30.5 Å². The highest BCUT2D eigenvalue weighted by Gasteiger charge is 2.42. The normalized spacial score (nSPS) is 16.8. The van der Waals surface area contributed by atoms with Crippen LogP contribution in [0.5, 0.6) is 5.75 Å². The summed E-state index contributed by atoms with van der Waals surface area (Å²) in [6, 6.07) is 12.5. The maximum atomic E-state index is 13.8. The van der Waals surface area contributed by atoms with Gasteiger partial charge in [-0.3, -0.25) is 0 Å². The summed E-state index contributed by atoms with van der Waals surface area (Å²) in [4.78, 5) is 1.37. The highest BCUT2D eigenvalue weighted by atomic mass is 19.4. The molecule has 3 nitrogen and oxygen atoms in total. The molecule has 0 aliphatic carbocycles. The van der Waals surface area contributed by atoms with E-state index in [1.807, 2.05) is 13.0 Å². The fourth-order valence-electron chi connectivity index (χ4n) is 3.93. The number of rotatable bonds is 4. The summed E-state index contributed by atoms with van der Waals surface area (Å²) < 4.78 is 86.6. The zero-order valence-corrected chi connectivity index (χ0v) is 17.3. The Balaban J connectivity index is 1.83. The van der Waals surface area contributed by atoms with Gasteiger partial charge >= 0.3 is 6.18 Å². The number of alkyl halides is 3. The van der Waals surface area contributed by atoms with Gasteiger partial charge in [0.15, 0.2) is 29.3 Å². The molecular formula is C24H19F6NO2. The molecule has 0 saturated heterocycles. The van der Waals surface area contributed by atoms with Crippen molar-refractivity contribution in [3.05, 3.63) is 83.2 Å². The fraction of sp³-hybridized carbons (Fsp3) is 0.250. The summed E-state index contributed by atoms with van der Waals surface area (Å²) >= 11 is 0. The zero-order valence-electron chi connectivity index (χ0n) is 17.3. The summed E-state index contributed by atoms with van der Waals surface area (Å²) in [6.07, 6.45) is -7.49. The summed E-state index contributed by atoms with van der Waals surface area (Å²) in [5.74, 6) is -4.35. The van der Waals surface area contributed by atoms with E-state index in [2.05, 4.69) is 0 Å². The quantitative estimate of drug-likeness (QED) is 0.381. The molecule has 3 aromatic carbocycles. The van der Waals surface area contributed by atoms with Gasteiger partial charge in [0.2, 0.25) is 0 Å². The van der Waals surface area contributed by atoms with E-state index in [0.29, 0.717) is 5.56 Å². The maximum Gasteiger partial charge on any atom is 0.416 e. The smallest absolute Gasteiger partial charge is 0.416 e. The lowest BCUT2D eigenvalue weighted by molar-refractivity contribution is -0.200. The van der Waals surface area contributed by atoms with Crippen molar-refractivity contribution in [2.75, 3.05) is 18.1 Å². The van der Waals surface area contributed by atoms with E-state index in [9.17, 15) is 31.4 Å². The molecule has 0 fully saturated rings. The monoisotopic (exact) mass is 467 g/mol. The molecule has 174 valence electrons. The third-order valence-electron chi connectivity index (χ3n) is 5.53. The summed E-state index contributed by atoms with van der Waals surface area (Å²) in [5.41, 5.74) is 1.92. The average Bonchev–Trinajstić information content (AvgIpc) is 2.76. The van der Waals surface area contributed by atoms with Crippen LogP contribution in [-0.2, 0) is 0 Å². The predicted octanol–water partition coefficient (Wildman–Crippen LogP) is 5.94. The van der Waals surface area contributed by atoms with Gasteiger partial charge in [-0.1, -0.05) is 42.0 Å². The molecule has 9 heteroatoms. The third kappa shape index (κ3) is 4.50. The lowest BCUT2D eigenvalue weighted by atomic mass is 9.97. The number of anilines is 1. The molecule has 0 saturated carbocycles. The second-order valence-electron chi connectivity index (χ2n) is 7.86. The van der Waals surface area contributed by atoms with Crippen molar-refractivity contribution in [3.8, 4) is 16.9 Å². The average molecular weight is 467 g/mol. The van der Waals surface area contributed by atoms with Crippen molar-refractivity contribution in [3.63, 3.8) is 0 Å². The van der Waals surface area contributed by atoms with Gasteiger partial charge < -0.3 is 14.7 Å². The molecule has 1 aliphatic heterocycles. The molecule has 3 aromatic rings. The number of hydrogen-bond acceptors (Lipinski definition) is 3. The van der Waals surface area contributed by atoms with E-state index in [-0.39, 0.29) is 29.2 Å². The molecule has 0 spiro atoms. The number of hydrogen-bond donors (Lipinski definition) is 1. The van der Waals surface area contributed by atoms with Crippen molar-refractivity contribution < 1.29 is 36.2 Å². The van der Waals surface area contributed by atoms with Crippen LogP contribution < -0.4 is 9.64 Å². The van der Waals surface area contributed by atoms with Crippen molar-refractivity contribution in [1.29, 1.82) is 0 Å². The number of aliphatic hydroxyl groups is 1. The molecule has 0 radical (unpaired) electrons. The zero-order chi connectivity index (χ0) is 23.9. The van der Waals surface area contributed by atoms with Gasteiger partial charge in [-0.15, -0.1) is 0 Å². The van der Waals surface area contributed by atoms with E-state index in [1.165, 1.54) is 23.1 Å². The fourth-order valence-corrected chi connectivity index (χ4v) is 3.93. The van der Waals surface area contributed by atoms with Gasteiger partial charge in [-0.05, 0) is 36.2 Å². The molecule has 0 unspecified atom stereocenters. The standard InChI is InChI=1S/C24H19F6NO2/c1-13-4-2-5-14(8-13)20-12-33-23-16(15-9-17(25)22(27)18(26)10-15)6-3-7-19(23)31(20)11-21(32)24(28,29)30/h2-10,20-21,32H,11-12H2,1H3/t20-,21+/m1/s1. The van der Waals surface area contributed by atoms with Crippen molar-refractivity contribution in [1.82, 2.24) is 0 Å². The first-order chi connectivity index (χ1) is 15.6. The van der Waals surface area contributed by atoms with E-state index in [1.54, 1.807) is 18.2 Å². The first-order valence-electron chi connectivity index (χ1n) is 10.0. The number of ether oxygens (including phenoxy) is 1. The second-order valence-corrected chi connectivity index (χ2v) is 7.86. The SMILES string of the molecule is Cc1cccc([C@H]2COc3c(-c4cc(F)c(F)c(F)c4)cccc3N2C[C@H](O)C(F)(F)F)c1. The molecule has 0 amide bonds. The highest BCUT2D eigenvalue weighted by molar-refractivity contribution is 5.80. The van der Waals surface area contributed by atoms with Crippen LogP contribution in [0.25, 0.3) is 11.1 Å². The molecule has 0 bridgehead atoms. The van der Waals surface area contributed by atoms with Crippen LogP contribution in [0, 0.1) is 24.4 Å². The van der Waals surface area contributed by atoms with Gasteiger partial charge in [0.05, 0.1) is 18.3 Å². The lowest BCUT2D eigenvalue weighted by Gasteiger charge is -2.41. The van der Waals surface area contributed by atoms with Crippen LogP contribution in [0.3, 0.4) is 0 Å².